The molecule has 0 aromatic heterocycles. The van der Waals surface area contributed by atoms with Crippen molar-refractivity contribution < 1.29 is 17.9 Å². The monoisotopic (exact) mass is 387 g/mol. The average molecular weight is 387 g/mol. The number of carbonyl (C=O) groups is 1. The minimum Gasteiger partial charge on any atom is -0.497 e. The lowest BCUT2D eigenvalue weighted by atomic mass is 10.1. The predicted octanol–water partition coefficient (Wildman–Crippen LogP) is 1.69. The van der Waals surface area contributed by atoms with Gasteiger partial charge in [-0.05, 0) is 42.3 Å². The number of methoxy groups -OCH3 is 1. The molecule has 2 aromatic carbocycles. The summed E-state index contributed by atoms with van der Waals surface area (Å²) in [5.74, 6) is 0.310. The Balaban J connectivity index is 2.01. The molecule has 2 rings (SSSR count). The molecule has 0 bridgehead atoms. The first-order chi connectivity index (χ1) is 12.8. The quantitative estimate of drug-likeness (QED) is 0.743. The Morgan fingerprint density at radius 1 is 1.22 bits per heavy atom. The number of nitrogens with one attached hydrogen (secondary N) is 1. The van der Waals surface area contributed by atoms with Gasteiger partial charge in [0.1, 0.15) is 12.3 Å². The molecule has 0 heterocycles. The number of hydrogen-bond acceptors (Lipinski definition) is 5. The summed E-state index contributed by atoms with van der Waals surface area (Å²) in [6, 6.07) is 15.6. The lowest BCUT2D eigenvalue weighted by Crippen LogP contribution is -2.41. The number of rotatable bonds is 8. The van der Waals surface area contributed by atoms with Crippen LogP contribution >= 0.6 is 0 Å². The highest BCUT2D eigenvalue weighted by atomic mass is 32.2. The predicted molar refractivity (Wildman–Crippen MR) is 103 cm³/mol. The smallest absolute Gasteiger partial charge is 0.240 e. The van der Waals surface area contributed by atoms with Crippen molar-refractivity contribution in [1.82, 2.24) is 5.32 Å². The summed E-state index contributed by atoms with van der Waals surface area (Å²) in [7, 11) is -2.09. The highest BCUT2D eigenvalue weighted by Gasteiger charge is 2.21. The van der Waals surface area contributed by atoms with Gasteiger partial charge in [0, 0.05) is 6.54 Å². The first-order valence-corrected chi connectivity index (χ1v) is 10.1. The molecule has 0 aliphatic rings. The molecule has 0 spiro atoms. The third-order valence-corrected chi connectivity index (χ3v) is 4.96. The normalized spacial score (nSPS) is 10.7. The summed E-state index contributed by atoms with van der Waals surface area (Å²) < 4.78 is 30.3. The van der Waals surface area contributed by atoms with Gasteiger partial charge in [0.05, 0.1) is 30.7 Å². The molecule has 0 aliphatic heterocycles. The van der Waals surface area contributed by atoms with Crippen LogP contribution in [0.4, 0.5) is 5.69 Å². The molecule has 27 heavy (non-hydrogen) atoms. The van der Waals surface area contributed by atoms with Gasteiger partial charge in [-0.25, -0.2) is 8.42 Å². The molecule has 8 heteroatoms. The molecule has 1 N–H and O–H groups in total. The van der Waals surface area contributed by atoms with E-state index in [1.807, 2.05) is 30.3 Å². The SMILES string of the molecule is COc1cccc(CCNC(=O)CN(c2cccc(C#N)c2)S(C)(=O)=O)c1. The third-order valence-electron chi connectivity index (χ3n) is 3.82. The van der Waals surface area contributed by atoms with Gasteiger partial charge in [-0.15, -0.1) is 0 Å². The molecule has 1 amide bonds. The van der Waals surface area contributed by atoms with E-state index in [1.54, 1.807) is 25.3 Å². The minimum atomic E-state index is -3.68. The summed E-state index contributed by atoms with van der Waals surface area (Å²) in [6.07, 6.45) is 1.61. The van der Waals surface area contributed by atoms with Crippen molar-refractivity contribution in [2.24, 2.45) is 0 Å². The lowest BCUT2D eigenvalue weighted by molar-refractivity contribution is -0.119. The van der Waals surface area contributed by atoms with Crippen LogP contribution in [0.3, 0.4) is 0 Å². The molecule has 7 nitrogen and oxygen atoms in total. The number of ether oxygens (including phenoxy) is 1. The maximum absolute atomic E-state index is 12.2. The van der Waals surface area contributed by atoms with Gasteiger partial charge in [-0.1, -0.05) is 18.2 Å². The van der Waals surface area contributed by atoms with Crippen molar-refractivity contribution in [2.75, 3.05) is 30.8 Å². The maximum Gasteiger partial charge on any atom is 0.240 e. The van der Waals surface area contributed by atoms with Gasteiger partial charge in [0.15, 0.2) is 0 Å². The number of nitriles is 1. The topological polar surface area (TPSA) is 99.5 Å². The number of nitrogens with zero attached hydrogens (tertiary/aromatic N) is 2. The Morgan fingerprint density at radius 3 is 2.63 bits per heavy atom. The van der Waals surface area contributed by atoms with Gasteiger partial charge >= 0.3 is 0 Å². The second kappa shape index (κ2) is 9.05. The zero-order valence-corrected chi connectivity index (χ0v) is 16.0. The van der Waals surface area contributed by atoms with Crippen LogP contribution in [0.5, 0.6) is 5.75 Å². The van der Waals surface area contributed by atoms with Gasteiger partial charge in [-0.2, -0.15) is 5.26 Å². The van der Waals surface area contributed by atoms with E-state index < -0.39 is 15.9 Å². The molecule has 0 atom stereocenters. The molecule has 0 aliphatic carbocycles. The molecule has 0 radical (unpaired) electrons. The number of amides is 1. The molecular weight excluding hydrogens is 366 g/mol. The van der Waals surface area contributed by atoms with E-state index in [0.717, 1.165) is 21.9 Å². The van der Waals surface area contributed by atoms with Crippen molar-refractivity contribution >= 4 is 21.6 Å². The fourth-order valence-electron chi connectivity index (χ4n) is 2.49. The molecule has 2 aromatic rings. The van der Waals surface area contributed by atoms with Crippen LogP contribution in [0.25, 0.3) is 0 Å². The number of hydrogen-bond donors (Lipinski definition) is 1. The van der Waals surface area contributed by atoms with Gasteiger partial charge in [-0.3, -0.25) is 9.10 Å². The van der Waals surface area contributed by atoms with Crippen LogP contribution in [-0.2, 0) is 21.2 Å². The molecule has 0 fully saturated rings. The van der Waals surface area contributed by atoms with Crippen LogP contribution in [0.2, 0.25) is 0 Å². The van der Waals surface area contributed by atoms with E-state index in [0.29, 0.717) is 18.5 Å². The molecule has 142 valence electrons. The van der Waals surface area contributed by atoms with Crippen LogP contribution in [0, 0.1) is 11.3 Å². The Morgan fingerprint density at radius 2 is 1.96 bits per heavy atom. The maximum atomic E-state index is 12.2. The standard InChI is InChI=1S/C19H21N3O4S/c1-26-18-8-4-5-15(12-18)9-10-21-19(23)14-22(27(2,24)25)17-7-3-6-16(11-17)13-20/h3-8,11-12H,9-10,14H2,1-2H3,(H,21,23). The zero-order valence-electron chi connectivity index (χ0n) is 15.2. The van der Waals surface area contributed by atoms with Crippen LogP contribution < -0.4 is 14.4 Å². The van der Waals surface area contributed by atoms with Crippen LogP contribution in [0.1, 0.15) is 11.1 Å². The van der Waals surface area contributed by atoms with E-state index in [1.165, 1.54) is 6.07 Å². The molecule has 0 saturated heterocycles. The first kappa shape index (κ1) is 20.3. The van der Waals surface area contributed by atoms with Crippen molar-refractivity contribution in [2.45, 2.75) is 6.42 Å². The van der Waals surface area contributed by atoms with Gasteiger partial charge in [0.25, 0.3) is 0 Å². The number of benzene rings is 2. The number of sulfonamides is 1. The number of carbonyl (C=O) groups excluding carboxylic acids is 1. The Labute approximate surface area is 159 Å². The molecule has 0 unspecified atom stereocenters. The fourth-order valence-corrected chi connectivity index (χ4v) is 3.34. The van der Waals surface area contributed by atoms with E-state index in [4.69, 9.17) is 10.00 Å². The summed E-state index contributed by atoms with van der Waals surface area (Å²) in [5, 5.41) is 11.7. The van der Waals surface area contributed by atoms with E-state index in [-0.39, 0.29) is 12.2 Å². The Bertz CT molecular complexity index is 951. The summed E-state index contributed by atoms with van der Waals surface area (Å²) in [6.45, 7) is 0.00760. The van der Waals surface area contributed by atoms with E-state index in [9.17, 15) is 13.2 Å². The largest absolute Gasteiger partial charge is 0.497 e. The summed E-state index contributed by atoms with van der Waals surface area (Å²) >= 11 is 0. The van der Waals surface area contributed by atoms with E-state index in [2.05, 4.69) is 5.32 Å². The van der Waals surface area contributed by atoms with Crippen LogP contribution in [-0.4, -0.2) is 40.8 Å². The first-order valence-electron chi connectivity index (χ1n) is 8.21. The van der Waals surface area contributed by atoms with Gasteiger partial charge < -0.3 is 10.1 Å². The summed E-state index contributed by atoms with van der Waals surface area (Å²) in [4.78, 5) is 12.2. The highest BCUT2D eigenvalue weighted by Crippen LogP contribution is 2.18. The van der Waals surface area contributed by atoms with Crippen molar-refractivity contribution in [3.63, 3.8) is 0 Å². The second-order valence-electron chi connectivity index (χ2n) is 5.88. The molecule has 0 saturated carbocycles. The van der Waals surface area contributed by atoms with Gasteiger partial charge in [0.2, 0.25) is 15.9 Å². The molecular formula is C19H21N3O4S. The highest BCUT2D eigenvalue weighted by molar-refractivity contribution is 7.92. The lowest BCUT2D eigenvalue weighted by Gasteiger charge is -2.22. The van der Waals surface area contributed by atoms with Crippen molar-refractivity contribution in [3.05, 3.63) is 59.7 Å². The third kappa shape index (κ3) is 6.01. The zero-order chi connectivity index (χ0) is 19.9. The van der Waals surface area contributed by atoms with E-state index >= 15 is 0 Å². The van der Waals surface area contributed by atoms with Crippen molar-refractivity contribution in [3.8, 4) is 11.8 Å². The van der Waals surface area contributed by atoms with Crippen molar-refractivity contribution in [1.29, 1.82) is 5.26 Å². The minimum absolute atomic E-state index is 0.277. The Kier molecular flexibility index (Phi) is 6.79. The Hall–Kier alpha value is -3.05. The average Bonchev–Trinajstić information content (AvgIpc) is 2.65. The summed E-state index contributed by atoms with van der Waals surface area (Å²) in [5.41, 5.74) is 1.59. The van der Waals surface area contributed by atoms with Crippen LogP contribution in [0.15, 0.2) is 48.5 Å². The fraction of sp³-hybridized carbons (Fsp3) is 0.263. The second-order valence-corrected chi connectivity index (χ2v) is 7.79. The number of anilines is 1.